The zero-order valence-corrected chi connectivity index (χ0v) is 19.5. The normalized spacial score (nSPS) is 25.9. The van der Waals surface area contributed by atoms with E-state index in [1.165, 1.54) is 26.4 Å². The number of methoxy groups -OCH3 is 1. The highest BCUT2D eigenvalue weighted by molar-refractivity contribution is 7.92. The topological polar surface area (TPSA) is 65.1 Å². The van der Waals surface area contributed by atoms with Crippen LogP contribution in [0.4, 0.5) is 0 Å². The maximum Gasteiger partial charge on any atom is 0.192 e. The lowest BCUT2D eigenvalue weighted by molar-refractivity contribution is 0.0493. The van der Waals surface area contributed by atoms with Gasteiger partial charge in [-0.25, -0.2) is 8.42 Å². The maximum atomic E-state index is 13.2. The van der Waals surface area contributed by atoms with Gasteiger partial charge >= 0.3 is 0 Å². The summed E-state index contributed by atoms with van der Waals surface area (Å²) in [7, 11) is -2.12. The van der Waals surface area contributed by atoms with Crippen LogP contribution in [0.1, 0.15) is 50.7 Å². The molecule has 0 radical (unpaired) electrons. The highest BCUT2D eigenvalue weighted by Crippen LogP contribution is 2.45. The molecule has 0 bridgehead atoms. The molecule has 0 unspecified atom stereocenters. The van der Waals surface area contributed by atoms with E-state index in [-0.39, 0.29) is 11.0 Å². The molecule has 172 valence electrons. The first-order valence-corrected chi connectivity index (χ1v) is 13.1. The van der Waals surface area contributed by atoms with Crippen LogP contribution in [-0.2, 0) is 9.84 Å². The van der Waals surface area contributed by atoms with Crippen LogP contribution in [0, 0.1) is 0 Å². The molecule has 5 rings (SSSR count). The van der Waals surface area contributed by atoms with Gasteiger partial charge in [0.2, 0.25) is 0 Å². The average molecular weight is 458 g/mol. The predicted octanol–water partition coefficient (Wildman–Crippen LogP) is 4.39. The number of hydrogen-bond acceptors (Lipinski definition) is 6. The van der Waals surface area contributed by atoms with E-state index >= 15 is 0 Å². The second-order valence-corrected chi connectivity index (χ2v) is 11.3. The molecule has 2 heterocycles. The third-order valence-electron chi connectivity index (χ3n) is 7.20. The summed E-state index contributed by atoms with van der Waals surface area (Å²) >= 11 is 0. The van der Waals surface area contributed by atoms with E-state index in [0.29, 0.717) is 11.5 Å². The Morgan fingerprint density at radius 3 is 2.34 bits per heavy atom. The summed E-state index contributed by atoms with van der Waals surface area (Å²) in [5, 5.41) is -0.728. The highest BCUT2D eigenvalue weighted by atomic mass is 32.2. The molecular formula is C25H31NO5S. The van der Waals surface area contributed by atoms with Gasteiger partial charge in [-0.05, 0) is 62.4 Å². The van der Waals surface area contributed by atoms with E-state index in [4.69, 9.17) is 14.2 Å². The van der Waals surface area contributed by atoms with Gasteiger partial charge < -0.3 is 19.1 Å². The average Bonchev–Trinajstić information content (AvgIpc) is 2.76. The van der Waals surface area contributed by atoms with Gasteiger partial charge in [0.05, 0.1) is 7.11 Å². The fourth-order valence-electron chi connectivity index (χ4n) is 4.99. The largest absolute Gasteiger partial charge is 0.495 e. The Labute approximate surface area is 190 Å². The van der Waals surface area contributed by atoms with Crippen molar-refractivity contribution in [1.29, 1.82) is 0 Å². The highest BCUT2D eigenvalue weighted by Gasteiger charge is 2.42. The Balaban J connectivity index is 1.28. The van der Waals surface area contributed by atoms with E-state index in [1.54, 1.807) is 25.1 Å². The van der Waals surface area contributed by atoms with Gasteiger partial charge in [-0.1, -0.05) is 24.6 Å². The van der Waals surface area contributed by atoms with Gasteiger partial charge in [-0.2, -0.15) is 0 Å². The van der Waals surface area contributed by atoms with Crippen molar-refractivity contribution in [2.45, 2.75) is 67.4 Å². The molecule has 2 aromatic rings. The molecule has 2 atom stereocenters. The lowest BCUT2D eigenvalue weighted by atomic mass is 9.90. The summed E-state index contributed by atoms with van der Waals surface area (Å²) in [5.74, 6) is 1.48. The third kappa shape index (κ3) is 3.86. The molecule has 32 heavy (non-hydrogen) atoms. The standard InChI is InChI=1S/C25H31NO5S/c1-17-24(31-23-8-4-7-22(29-2)25(23)32(17,27)28)18-9-11-20(12-10-18)30-21-13-15-26(16-14-21)19-5-3-6-19/h4,7-12,17,19,21,24H,3,5-6,13-16H2,1-2H3/t17-,24+/m0/s1. The van der Waals surface area contributed by atoms with Crippen molar-refractivity contribution in [3.05, 3.63) is 48.0 Å². The second kappa shape index (κ2) is 8.60. The Bertz CT molecular complexity index is 1060. The van der Waals surface area contributed by atoms with Crippen molar-refractivity contribution in [2.24, 2.45) is 0 Å². The summed E-state index contributed by atoms with van der Waals surface area (Å²) < 4.78 is 44.1. The van der Waals surface area contributed by atoms with Gasteiger partial charge in [-0.3, -0.25) is 0 Å². The van der Waals surface area contributed by atoms with E-state index in [9.17, 15) is 8.42 Å². The molecule has 0 aromatic heterocycles. The molecule has 1 saturated carbocycles. The van der Waals surface area contributed by atoms with Crippen LogP contribution < -0.4 is 14.2 Å². The molecule has 1 aliphatic carbocycles. The summed E-state index contributed by atoms with van der Waals surface area (Å²) in [4.78, 5) is 2.75. The second-order valence-electron chi connectivity index (χ2n) is 9.08. The quantitative estimate of drug-likeness (QED) is 0.664. The summed E-state index contributed by atoms with van der Waals surface area (Å²) in [5.41, 5.74) is 0.821. The smallest absolute Gasteiger partial charge is 0.192 e. The van der Waals surface area contributed by atoms with Gasteiger partial charge in [-0.15, -0.1) is 0 Å². The molecule has 2 aromatic carbocycles. The van der Waals surface area contributed by atoms with Crippen molar-refractivity contribution in [2.75, 3.05) is 20.2 Å². The molecule has 0 spiro atoms. The van der Waals surface area contributed by atoms with Crippen LogP contribution in [0.5, 0.6) is 17.2 Å². The molecule has 0 amide bonds. The lowest BCUT2D eigenvalue weighted by Crippen LogP contribution is -2.46. The number of nitrogens with zero attached hydrogens (tertiary/aromatic N) is 1. The Morgan fingerprint density at radius 2 is 1.72 bits per heavy atom. The molecule has 1 saturated heterocycles. The first kappa shape index (κ1) is 21.6. The predicted molar refractivity (Wildman–Crippen MR) is 122 cm³/mol. The SMILES string of the molecule is COc1cccc2c1S(=O)(=O)[C@@H](C)[C@H](c1ccc(OC3CCN(C4CCC4)CC3)cc1)O2. The van der Waals surface area contributed by atoms with E-state index in [1.807, 2.05) is 24.3 Å². The molecule has 7 heteroatoms. The van der Waals surface area contributed by atoms with Crippen molar-refractivity contribution in [3.63, 3.8) is 0 Å². The van der Waals surface area contributed by atoms with Crippen LogP contribution in [0.25, 0.3) is 0 Å². The van der Waals surface area contributed by atoms with Crippen LogP contribution in [0.2, 0.25) is 0 Å². The zero-order valence-electron chi connectivity index (χ0n) is 18.7. The molecular weight excluding hydrogens is 426 g/mol. The number of likely N-dealkylation sites (tertiary alicyclic amines) is 1. The number of piperidine rings is 1. The van der Waals surface area contributed by atoms with Gasteiger partial charge in [0.15, 0.2) is 14.7 Å². The maximum absolute atomic E-state index is 13.2. The van der Waals surface area contributed by atoms with Crippen molar-refractivity contribution in [1.82, 2.24) is 4.90 Å². The molecule has 0 N–H and O–H groups in total. The minimum atomic E-state index is -3.59. The van der Waals surface area contributed by atoms with Gasteiger partial charge in [0.1, 0.15) is 34.7 Å². The Hall–Kier alpha value is -2.25. The van der Waals surface area contributed by atoms with Crippen molar-refractivity contribution in [3.8, 4) is 17.2 Å². The zero-order chi connectivity index (χ0) is 22.3. The van der Waals surface area contributed by atoms with Crippen molar-refractivity contribution >= 4 is 9.84 Å². The number of ether oxygens (including phenoxy) is 3. The minimum absolute atomic E-state index is 0.138. The van der Waals surface area contributed by atoms with E-state index in [2.05, 4.69) is 4.90 Å². The monoisotopic (exact) mass is 457 g/mol. The Morgan fingerprint density at radius 1 is 1.00 bits per heavy atom. The number of hydrogen-bond donors (Lipinski definition) is 0. The third-order valence-corrected chi connectivity index (χ3v) is 9.39. The van der Waals surface area contributed by atoms with E-state index in [0.717, 1.165) is 43.3 Å². The first-order valence-electron chi connectivity index (χ1n) is 11.6. The summed E-state index contributed by atoms with van der Waals surface area (Å²) in [6, 6.07) is 13.6. The van der Waals surface area contributed by atoms with Crippen LogP contribution in [-0.4, -0.2) is 50.9 Å². The Kier molecular flexibility index (Phi) is 5.80. The number of sulfone groups is 1. The molecule has 2 aliphatic heterocycles. The van der Waals surface area contributed by atoms with Crippen LogP contribution in [0.15, 0.2) is 47.4 Å². The van der Waals surface area contributed by atoms with Crippen LogP contribution >= 0.6 is 0 Å². The lowest BCUT2D eigenvalue weighted by Gasteiger charge is -2.41. The fourth-order valence-corrected chi connectivity index (χ4v) is 6.73. The van der Waals surface area contributed by atoms with Crippen molar-refractivity contribution < 1.29 is 22.6 Å². The number of fused-ring (bicyclic) bond motifs is 1. The minimum Gasteiger partial charge on any atom is -0.495 e. The number of benzene rings is 2. The fraction of sp³-hybridized carbons (Fsp3) is 0.520. The molecule has 3 aliphatic rings. The molecule has 6 nitrogen and oxygen atoms in total. The van der Waals surface area contributed by atoms with E-state index < -0.39 is 21.2 Å². The summed E-state index contributed by atoms with van der Waals surface area (Å²) in [6.07, 6.45) is 5.83. The van der Waals surface area contributed by atoms with Crippen LogP contribution in [0.3, 0.4) is 0 Å². The molecule has 2 fully saturated rings. The number of rotatable bonds is 5. The van der Waals surface area contributed by atoms with Gasteiger partial charge in [0, 0.05) is 19.1 Å². The first-order chi connectivity index (χ1) is 15.5. The van der Waals surface area contributed by atoms with Gasteiger partial charge in [0.25, 0.3) is 0 Å². The summed E-state index contributed by atoms with van der Waals surface area (Å²) in [6.45, 7) is 3.92.